The Morgan fingerprint density at radius 1 is 1.50 bits per heavy atom. The SMILES string of the molecule is CCN(CC(N)CCO)C(C)COC. The molecule has 0 rings (SSSR count). The van der Waals surface area contributed by atoms with Crippen molar-refractivity contribution in [2.45, 2.75) is 32.4 Å². The maximum Gasteiger partial charge on any atom is 0.0615 e. The molecule has 0 aliphatic rings. The molecule has 2 atom stereocenters. The van der Waals surface area contributed by atoms with E-state index in [0.29, 0.717) is 12.5 Å². The number of likely N-dealkylation sites (N-methyl/N-ethyl adjacent to an activating group) is 1. The minimum Gasteiger partial charge on any atom is -0.396 e. The zero-order valence-corrected chi connectivity index (χ0v) is 9.57. The largest absolute Gasteiger partial charge is 0.396 e. The van der Waals surface area contributed by atoms with Crippen LogP contribution in [0.5, 0.6) is 0 Å². The Balaban J connectivity index is 3.87. The van der Waals surface area contributed by atoms with Crippen molar-refractivity contribution in [3.05, 3.63) is 0 Å². The third-order valence-corrected chi connectivity index (χ3v) is 2.41. The summed E-state index contributed by atoms with van der Waals surface area (Å²) < 4.78 is 5.10. The third kappa shape index (κ3) is 5.54. The van der Waals surface area contributed by atoms with E-state index in [1.165, 1.54) is 0 Å². The highest BCUT2D eigenvalue weighted by molar-refractivity contribution is 4.72. The van der Waals surface area contributed by atoms with Crippen LogP contribution in [0.1, 0.15) is 20.3 Å². The van der Waals surface area contributed by atoms with Crippen molar-refractivity contribution >= 4 is 0 Å². The molecule has 4 nitrogen and oxygen atoms in total. The van der Waals surface area contributed by atoms with Crippen molar-refractivity contribution in [1.29, 1.82) is 0 Å². The minimum atomic E-state index is 0.0549. The highest BCUT2D eigenvalue weighted by Gasteiger charge is 2.14. The molecule has 0 saturated heterocycles. The Kier molecular flexibility index (Phi) is 8.08. The number of hydrogen-bond donors (Lipinski definition) is 2. The van der Waals surface area contributed by atoms with Crippen LogP contribution in [0.2, 0.25) is 0 Å². The van der Waals surface area contributed by atoms with Gasteiger partial charge in [-0.05, 0) is 19.9 Å². The van der Waals surface area contributed by atoms with E-state index in [0.717, 1.165) is 19.7 Å². The van der Waals surface area contributed by atoms with Crippen molar-refractivity contribution in [2.75, 3.05) is 33.4 Å². The van der Waals surface area contributed by atoms with E-state index in [1.54, 1.807) is 7.11 Å². The van der Waals surface area contributed by atoms with Gasteiger partial charge in [-0.15, -0.1) is 0 Å². The number of aliphatic hydroxyl groups is 1. The van der Waals surface area contributed by atoms with E-state index in [9.17, 15) is 0 Å². The topological polar surface area (TPSA) is 58.7 Å². The molecule has 0 saturated carbocycles. The fourth-order valence-electron chi connectivity index (χ4n) is 1.53. The summed E-state index contributed by atoms with van der Waals surface area (Å²) in [6.45, 7) is 6.90. The molecule has 0 bridgehead atoms. The van der Waals surface area contributed by atoms with Gasteiger partial charge in [0.05, 0.1) is 6.61 Å². The van der Waals surface area contributed by atoms with Crippen LogP contribution in [-0.2, 0) is 4.74 Å². The molecule has 0 aromatic rings. The molecule has 4 heteroatoms. The van der Waals surface area contributed by atoms with Gasteiger partial charge in [0.1, 0.15) is 0 Å². The van der Waals surface area contributed by atoms with Crippen LogP contribution in [-0.4, -0.2) is 55.5 Å². The van der Waals surface area contributed by atoms with Crippen LogP contribution >= 0.6 is 0 Å². The summed E-state index contributed by atoms with van der Waals surface area (Å²) >= 11 is 0. The average Bonchev–Trinajstić information content (AvgIpc) is 2.15. The fourth-order valence-corrected chi connectivity index (χ4v) is 1.53. The maximum atomic E-state index is 8.74. The van der Waals surface area contributed by atoms with Crippen LogP contribution in [0.15, 0.2) is 0 Å². The summed E-state index contributed by atoms with van der Waals surface area (Å²) in [5, 5.41) is 8.74. The Morgan fingerprint density at radius 3 is 2.57 bits per heavy atom. The molecule has 86 valence electrons. The number of rotatable bonds is 8. The van der Waals surface area contributed by atoms with Crippen LogP contribution in [0.25, 0.3) is 0 Å². The Morgan fingerprint density at radius 2 is 2.14 bits per heavy atom. The van der Waals surface area contributed by atoms with Gasteiger partial charge in [0.25, 0.3) is 0 Å². The van der Waals surface area contributed by atoms with Crippen molar-refractivity contribution in [3.8, 4) is 0 Å². The lowest BCUT2D eigenvalue weighted by Gasteiger charge is -2.29. The second-order valence-electron chi connectivity index (χ2n) is 3.66. The summed E-state index contributed by atoms with van der Waals surface area (Å²) in [6.07, 6.45) is 0.663. The van der Waals surface area contributed by atoms with Crippen LogP contribution < -0.4 is 5.73 Å². The van der Waals surface area contributed by atoms with E-state index in [2.05, 4.69) is 18.7 Å². The molecule has 0 aromatic carbocycles. The van der Waals surface area contributed by atoms with E-state index in [-0.39, 0.29) is 12.6 Å². The van der Waals surface area contributed by atoms with Crippen molar-refractivity contribution in [1.82, 2.24) is 4.90 Å². The molecule has 0 radical (unpaired) electrons. The number of ether oxygens (including phenoxy) is 1. The first-order chi connectivity index (χ1) is 6.65. The van der Waals surface area contributed by atoms with Gasteiger partial charge in [0.2, 0.25) is 0 Å². The Hall–Kier alpha value is -0.160. The number of methoxy groups -OCH3 is 1. The predicted octanol–water partition coefficient (Wildman–Crippen LogP) is 0.0529. The molecule has 0 aliphatic carbocycles. The molecule has 0 heterocycles. The fraction of sp³-hybridized carbons (Fsp3) is 1.00. The Bertz CT molecular complexity index is 133. The van der Waals surface area contributed by atoms with Gasteiger partial charge in [-0.25, -0.2) is 0 Å². The van der Waals surface area contributed by atoms with E-state index in [1.807, 2.05) is 0 Å². The van der Waals surface area contributed by atoms with Crippen molar-refractivity contribution < 1.29 is 9.84 Å². The van der Waals surface area contributed by atoms with Gasteiger partial charge in [0.15, 0.2) is 0 Å². The molecule has 2 unspecified atom stereocenters. The predicted molar refractivity (Wildman–Crippen MR) is 58.3 cm³/mol. The quantitative estimate of drug-likeness (QED) is 0.587. The lowest BCUT2D eigenvalue weighted by atomic mass is 10.2. The van der Waals surface area contributed by atoms with Crippen molar-refractivity contribution in [3.63, 3.8) is 0 Å². The smallest absolute Gasteiger partial charge is 0.0615 e. The van der Waals surface area contributed by atoms with E-state index < -0.39 is 0 Å². The van der Waals surface area contributed by atoms with E-state index >= 15 is 0 Å². The molecule has 14 heavy (non-hydrogen) atoms. The highest BCUT2D eigenvalue weighted by atomic mass is 16.5. The summed E-state index contributed by atoms with van der Waals surface area (Å²) in [6, 6.07) is 0.439. The molecule has 0 aliphatic heterocycles. The standard InChI is InChI=1S/C10H24N2O2/c1-4-12(9(2)8-14-3)7-10(11)5-6-13/h9-10,13H,4-8,11H2,1-3H3. The maximum absolute atomic E-state index is 8.74. The summed E-state index contributed by atoms with van der Waals surface area (Å²) in [5.74, 6) is 0. The van der Waals surface area contributed by atoms with E-state index in [4.69, 9.17) is 15.6 Å². The zero-order chi connectivity index (χ0) is 11.0. The molecule has 0 aromatic heterocycles. The van der Waals surface area contributed by atoms with Crippen molar-refractivity contribution in [2.24, 2.45) is 5.73 Å². The van der Waals surface area contributed by atoms with Crippen LogP contribution in [0.3, 0.4) is 0 Å². The minimum absolute atomic E-state index is 0.0549. The van der Waals surface area contributed by atoms with Gasteiger partial charge in [-0.2, -0.15) is 0 Å². The van der Waals surface area contributed by atoms with Crippen LogP contribution in [0, 0.1) is 0 Å². The first-order valence-corrected chi connectivity index (χ1v) is 5.25. The lowest BCUT2D eigenvalue weighted by Crippen LogP contribution is -2.44. The number of nitrogens with zero attached hydrogens (tertiary/aromatic N) is 1. The van der Waals surface area contributed by atoms with Gasteiger partial charge < -0.3 is 15.6 Å². The molecular weight excluding hydrogens is 180 g/mol. The molecule has 0 amide bonds. The average molecular weight is 204 g/mol. The number of aliphatic hydroxyl groups excluding tert-OH is 1. The second kappa shape index (κ2) is 8.17. The molecule has 3 N–H and O–H groups in total. The highest BCUT2D eigenvalue weighted by Crippen LogP contribution is 2.01. The second-order valence-corrected chi connectivity index (χ2v) is 3.66. The zero-order valence-electron chi connectivity index (χ0n) is 9.57. The van der Waals surface area contributed by atoms with Gasteiger partial charge in [-0.1, -0.05) is 6.92 Å². The monoisotopic (exact) mass is 204 g/mol. The van der Waals surface area contributed by atoms with Crippen LogP contribution in [0.4, 0.5) is 0 Å². The van der Waals surface area contributed by atoms with Gasteiger partial charge in [-0.3, -0.25) is 4.90 Å². The first kappa shape index (κ1) is 13.8. The number of hydrogen-bond acceptors (Lipinski definition) is 4. The van der Waals surface area contributed by atoms with Gasteiger partial charge >= 0.3 is 0 Å². The summed E-state index contributed by atoms with van der Waals surface area (Å²) in [5.41, 5.74) is 5.85. The summed E-state index contributed by atoms with van der Waals surface area (Å²) in [7, 11) is 1.71. The molecular formula is C10H24N2O2. The lowest BCUT2D eigenvalue weighted by molar-refractivity contribution is 0.0962. The first-order valence-electron chi connectivity index (χ1n) is 5.25. The van der Waals surface area contributed by atoms with Gasteiger partial charge in [0, 0.05) is 32.3 Å². The molecule has 0 fully saturated rings. The Labute approximate surface area is 87.0 Å². The third-order valence-electron chi connectivity index (χ3n) is 2.41. The normalized spacial score (nSPS) is 15.9. The number of nitrogens with two attached hydrogens (primary N) is 1. The summed E-state index contributed by atoms with van der Waals surface area (Å²) in [4.78, 5) is 2.27. The molecule has 0 spiro atoms.